The second kappa shape index (κ2) is 5.83. The molecule has 0 N–H and O–H groups in total. The zero-order chi connectivity index (χ0) is 11.3. The van der Waals surface area contributed by atoms with Crippen LogP contribution in [0.4, 0.5) is 0 Å². The van der Waals surface area contributed by atoms with Gasteiger partial charge in [-0.2, -0.15) is 0 Å². The summed E-state index contributed by atoms with van der Waals surface area (Å²) in [5.41, 5.74) is 2.89. The van der Waals surface area contributed by atoms with Crippen LogP contribution in [0.3, 0.4) is 0 Å². The number of nitrogens with zero attached hydrogens (tertiary/aromatic N) is 2. The monoisotopic (exact) mass is 226 g/mol. The molecule has 0 amide bonds. The molecule has 3 nitrogen and oxygen atoms in total. The topological polar surface area (TPSA) is 35.0 Å². The van der Waals surface area contributed by atoms with Crippen molar-refractivity contribution in [3.63, 3.8) is 0 Å². The van der Waals surface area contributed by atoms with Gasteiger partial charge in [-0.05, 0) is 25.8 Å². The third-order valence-electron chi connectivity index (χ3n) is 2.15. The average Bonchev–Trinajstić information content (AvgIpc) is 2.21. The predicted molar refractivity (Wildman–Crippen MR) is 61.9 cm³/mol. The number of rotatable bonds is 4. The lowest BCUT2D eigenvalue weighted by atomic mass is 10.1. The molecule has 0 radical (unpaired) electrons. The van der Waals surface area contributed by atoms with Crippen LogP contribution in [0.15, 0.2) is 12.3 Å². The molecule has 0 saturated carbocycles. The van der Waals surface area contributed by atoms with Gasteiger partial charge in [-0.1, -0.05) is 17.7 Å². The van der Waals surface area contributed by atoms with Gasteiger partial charge in [0.15, 0.2) is 0 Å². The maximum atomic E-state index is 5.75. The second-order valence-electron chi connectivity index (χ2n) is 3.18. The summed E-state index contributed by atoms with van der Waals surface area (Å²) >= 11 is 5.75. The first-order valence-electron chi connectivity index (χ1n) is 4.82. The average molecular weight is 227 g/mol. The summed E-state index contributed by atoms with van der Waals surface area (Å²) in [6, 6.07) is 0. The van der Waals surface area contributed by atoms with Gasteiger partial charge < -0.3 is 4.74 Å². The van der Waals surface area contributed by atoms with E-state index in [0.29, 0.717) is 11.8 Å². The number of hydrogen-bond acceptors (Lipinski definition) is 3. The smallest absolute Gasteiger partial charge is 0.147 e. The standard InChI is InChI=1S/C11H15ClN2O/c1-4-9(5-6-15-3)11-8(2)14-10(12)7-13-11/h4,7H,5-6H2,1-3H3/b9-4-. The predicted octanol–water partition coefficient (Wildman–Crippen LogP) is 2.88. The third-order valence-corrected chi connectivity index (χ3v) is 2.33. The highest BCUT2D eigenvalue weighted by atomic mass is 35.5. The van der Waals surface area contributed by atoms with E-state index >= 15 is 0 Å². The van der Waals surface area contributed by atoms with Crippen LogP contribution in [0, 0.1) is 6.92 Å². The van der Waals surface area contributed by atoms with Crippen LogP contribution < -0.4 is 0 Å². The van der Waals surface area contributed by atoms with E-state index in [1.54, 1.807) is 13.3 Å². The molecule has 0 aliphatic heterocycles. The minimum absolute atomic E-state index is 0.429. The fourth-order valence-corrected chi connectivity index (χ4v) is 1.56. The van der Waals surface area contributed by atoms with Gasteiger partial charge in [0.05, 0.1) is 24.2 Å². The molecule has 0 saturated heterocycles. The normalized spacial score (nSPS) is 11.9. The largest absolute Gasteiger partial charge is 0.384 e. The van der Waals surface area contributed by atoms with Gasteiger partial charge in [0, 0.05) is 7.11 Å². The van der Waals surface area contributed by atoms with Crippen LogP contribution in [-0.2, 0) is 4.74 Å². The van der Waals surface area contributed by atoms with E-state index in [-0.39, 0.29) is 0 Å². The first-order valence-corrected chi connectivity index (χ1v) is 5.20. The van der Waals surface area contributed by atoms with Crippen molar-refractivity contribution in [2.45, 2.75) is 20.3 Å². The fraction of sp³-hybridized carbons (Fsp3) is 0.455. The molecular formula is C11H15ClN2O. The molecule has 15 heavy (non-hydrogen) atoms. The molecule has 0 bridgehead atoms. The summed E-state index contributed by atoms with van der Waals surface area (Å²) in [6.07, 6.45) is 4.44. The number of hydrogen-bond donors (Lipinski definition) is 0. The second-order valence-corrected chi connectivity index (χ2v) is 3.57. The molecule has 0 aliphatic carbocycles. The van der Waals surface area contributed by atoms with E-state index in [2.05, 4.69) is 9.97 Å². The summed E-state index contributed by atoms with van der Waals surface area (Å²) in [5, 5.41) is 0.429. The van der Waals surface area contributed by atoms with E-state index in [0.717, 1.165) is 23.4 Å². The van der Waals surface area contributed by atoms with Crippen molar-refractivity contribution in [3.8, 4) is 0 Å². The van der Waals surface area contributed by atoms with Gasteiger partial charge in [-0.15, -0.1) is 0 Å². The Kier molecular flexibility index (Phi) is 4.72. The van der Waals surface area contributed by atoms with Crippen molar-refractivity contribution in [2.75, 3.05) is 13.7 Å². The molecule has 82 valence electrons. The lowest BCUT2D eigenvalue weighted by Crippen LogP contribution is -1.99. The Hall–Kier alpha value is -0.930. The molecular weight excluding hydrogens is 212 g/mol. The number of ether oxygens (including phenoxy) is 1. The molecule has 0 spiro atoms. The summed E-state index contributed by atoms with van der Waals surface area (Å²) in [6.45, 7) is 4.58. The lowest BCUT2D eigenvalue weighted by Gasteiger charge is -2.08. The Bertz CT molecular complexity index is 364. The van der Waals surface area contributed by atoms with Crippen LogP contribution in [0.1, 0.15) is 24.7 Å². The first-order chi connectivity index (χ1) is 7.19. The van der Waals surface area contributed by atoms with Crippen LogP contribution in [0.5, 0.6) is 0 Å². The number of aryl methyl sites for hydroxylation is 1. The molecule has 0 unspecified atom stereocenters. The van der Waals surface area contributed by atoms with E-state index in [9.17, 15) is 0 Å². The van der Waals surface area contributed by atoms with Crippen LogP contribution >= 0.6 is 11.6 Å². The first kappa shape index (κ1) is 12.1. The van der Waals surface area contributed by atoms with Crippen LogP contribution in [0.25, 0.3) is 5.57 Å². The zero-order valence-corrected chi connectivity index (χ0v) is 10.0. The van der Waals surface area contributed by atoms with Gasteiger partial charge in [0.2, 0.25) is 0 Å². The maximum Gasteiger partial charge on any atom is 0.147 e. The minimum atomic E-state index is 0.429. The zero-order valence-electron chi connectivity index (χ0n) is 9.25. The SMILES string of the molecule is C/C=C(/CCOC)c1ncc(Cl)nc1C. The maximum absolute atomic E-state index is 5.75. The van der Waals surface area contributed by atoms with E-state index in [4.69, 9.17) is 16.3 Å². The van der Waals surface area contributed by atoms with E-state index < -0.39 is 0 Å². The number of aromatic nitrogens is 2. The van der Waals surface area contributed by atoms with Crippen molar-refractivity contribution in [1.29, 1.82) is 0 Å². The Balaban J connectivity index is 2.93. The summed E-state index contributed by atoms with van der Waals surface area (Å²) in [4.78, 5) is 8.46. The van der Waals surface area contributed by atoms with Gasteiger partial charge in [-0.3, -0.25) is 4.98 Å². The highest BCUT2D eigenvalue weighted by Gasteiger charge is 2.07. The van der Waals surface area contributed by atoms with Crippen molar-refractivity contribution < 1.29 is 4.74 Å². The highest BCUT2D eigenvalue weighted by Crippen LogP contribution is 2.19. The molecule has 0 aromatic carbocycles. The molecule has 0 atom stereocenters. The molecule has 0 aliphatic rings. The molecule has 1 heterocycles. The van der Waals surface area contributed by atoms with Crippen molar-refractivity contribution in [1.82, 2.24) is 9.97 Å². The number of methoxy groups -OCH3 is 1. The number of halogens is 1. The molecule has 1 aromatic heterocycles. The quantitative estimate of drug-likeness (QED) is 0.792. The Morgan fingerprint density at radius 1 is 1.60 bits per heavy atom. The fourth-order valence-electron chi connectivity index (χ4n) is 1.38. The summed E-state index contributed by atoms with van der Waals surface area (Å²) in [5.74, 6) is 0. The number of allylic oxidation sites excluding steroid dienone is 1. The van der Waals surface area contributed by atoms with Gasteiger partial charge in [0.1, 0.15) is 5.15 Å². The Labute approximate surface area is 95.2 Å². The molecule has 1 aromatic rings. The van der Waals surface area contributed by atoms with Crippen molar-refractivity contribution >= 4 is 17.2 Å². The van der Waals surface area contributed by atoms with E-state index in [1.165, 1.54) is 0 Å². The Morgan fingerprint density at radius 3 is 2.87 bits per heavy atom. The van der Waals surface area contributed by atoms with Gasteiger partial charge in [0.25, 0.3) is 0 Å². The van der Waals surface area contributed by atoms with Crippen LogP contribution in [-0.4, -0.2) is 23.7 Å². The minimum Gasteiger partial charge on any atom is -0.384 e. The summed E-state index contributed by atoms with van der Waals surface area (Å²) in [7, 11) is 1.69. The highest BCUT2D eigenvalue weighted by molar-refractivity contribution is 6.29. The van der Waals surface area contributed by atoms with E-state index in [1.807, 2.05) is 19.9 Å². The van der Waals surface area contributed by atoms with Gasteiger partial charge >= 0.3 is 0 Å². The van der Waals surface area contributed by atoms with Gasteiger partial charge in [-0.25, -0.2) is 4.98 Å². The molecule has 1 rings (SSSR count). The lowest BCUT2D eigenvalue weighted by molar-refractivity contribution is 0.206. The van der Waals surface area contributed by atoms with Crippen LogP contribution in [0.2, 0.25) is 5.15 Å². The molecule has 4 heteroatoms. The molecule has 0 fully saturated rings. The summed E-state index contributed by atoms with van der Waals surface area (Å²) < 4.78 is 5.04. The third kappa shape index (κ3) is 3.29. The Morgan fingerprint density at radius 2 is 2.33 bits per heavy atom. The van der Waals surface area contributed by atoms with Crippen molar-refractivity contribution in [3.05, 3.63) is 28.8 Å². The van der Waals surface area contributed by atoms with Crippen molar-refractivity contribution in [2.24, 2.45) is 0 Å².